The van der Waals surface area contributed by atoms with E-state index in [9.17, 15) is 4.48 Å². The molecule has 0 radical (unpaired) electrons. The van der Waals surface area contributed by atoms with Gasteiger partial charge in [-0.1, -0.05) is 11.4 Å². The lowest BCUT2D eigenvalue weighted by molar-refractivity contribution is 0.176. The van der Waals surface area contributed by atoms with Gasteiger partial charge in [0.25, 0.3) is 0 Å². The first-order valence-corrected chi connectivity index (χ1v) is 3.31. The number of nitrogens with zero attached hydrogens (tertiary/aromatic N) is 1. The largest absolute Gasteiger partial charge is 0.463 e. The van der Waals surface area contributed by atoms with E-state index in [0.717, 1.165) is 0 Å². The lowest BCUT2D eigenvalue weighted by atomic mass is 10.1. The van der Waals surface area contributed by atoms with Gasteiger partial charge in [0.1, 0.15) is 0 Å². The van der Waals surface area contributed by atoms with Crippen molar-refractivity contribution in [3.05, 3.63) is 0 Å². The highest BCUT2D eigenvalue weighted by Gasteiger charge is 2.19. The molecule has 0 fully saturated rings. The second-order valence-corrected chi connectivity index (χ2v) is 2.56. The Balaban J connectivity index is 2.56. The van der Waals surface area contributed by atoms with Crippen LogP contribution < -0.4 is 5.54 Å². The molecule has 0 aromatic heterocycles. The lowest BCUT2D eigenvalue weighted by Gasteiger charge is -2.22. The first kappa shape index (κ1) is 7.31. The predicted octanol–water partition coefficient (Wildman–Crippen LogP) is 0.871. The van der Waals surface area contributed by atoms with Crippen molar-refractivity contribution in [1.29, 1.82) is 0 Å². The van der Waals surface area contributed by atoms with Gasteiger partial charge >= 0.3 is 6.02 Å². The van der Waals surface area contributed by atoms with Gasteiger partial charge in [-0.15, -0.1) is 0 Å². The fourth-order valence-corrected chi connectivity index (χ4v) is 0.751. The second kappa shape index (κ2) is 2.86. The monoisotopic (exact) mass is 146 g/mol. The zero-order valence-electron chi connectivity index (χ0n) is 6.10. The molecule has 0 aromatic rings. The molecule has 0 saturated heterocycles. The first-order valence-electron chi connectivity index (χ1n) is 3.31. The Morgan fingerprint density at radius 2 is 2.40 bits per heavy atom. The molecule has 0 spiro atoms. The molecular weight excluding hydrogens is 135 g/mol. The SMILES string of the molecule is CC1COC(NF)=NC1C. The highest BCUT2D eigenvalue weighted by Crippen LogP contribution is 2.11. The summed E-state index contributed by atoms with van der Waals surface area (Å²) >= 11 is 0. The quantitative estimate of drug-likeness (QED) is 0.514. The van der Waals surface area contributed by atoms with Crippen molar-refractivity contribution >= 4 is 6.02 Å². The smallest absolute Gasteiger partial charge is 0.313 e. The van der Waals surface area contributed by atoms with Crippen LogP contribution in [0.5, 0.6) is 0 Å². The molecule has 0 saturated carbocycles. The molecule has 4 heteroatoms. The summed E-state index contributed by atoms with van der Waals surface area (Å²) in [5, 5.41) is 0. The van der Waals surface area contributed by atoms with E-state index in [1.54, 1.807) is 0 Å². The van der Waals surface area contributed by atoms with Crippen LogP contribution in [-0.4, -0.2) is 18.7 Å². The maximum atomic E-state index is 11.7. The molecular formula is C6H11FN2O. The number of hydrogen-bond acceptors (Lipinski definition) is 3. The highest BCUT2D eigenvalue weighted by molar-refractivity contribution is 5.72. The molecule has 1 heterocycles. The summed E-state index contributed by atoms with van der Waals surface area (Å²) in [6.07, 6.45) is 0. The van der Waals surface area contributed by atoms with E-state index < -0.39 is 0 Å². The predicted molar refractivity (Wildman–Crippen MR) is 36.3 cm³/mol. The minimum Gasteiger partial charge on any atom is -0.463 e. The zero-order chi connectivity index (χ0) is 7.56. The fraction of sp³-hybridized carbons (Fsp3) is 0.833. The molecule has 0 aromatic carbocycles. The first-order chi connectivity index (χ1) is 4.74. The summed E-state index contributed by atoms with van der Waals surface area (Å²) in [6, 6.07) is 0.151. The molecule has 1 aliphatic heterocycles. The number of halogens is 1. The van der Waals surface area contributed by atoms with Crippen LogP contribution in [0.2, 0.25) is 0 Å². The second-order valence-electron chi connectivity index (χ2n) is 2.56. The van der Waals surface area contributed by atoms with Crippen molar-refractivity contribution in [2.24, 2.45) is 10.9 Å². The molecule has 10 heavy (non-hydrogen) atoms. The molecule has 2 unspecified atom stereocenters. The molecule has 1 N–H and O–H groups in total. The van der Waals surface area contributed by atoms with Crippen LogP contribution in [0.3, 0.4) is 0 Å². The van der Waals surface area contributed by atoms with E-state index in [2.05, 4.69) is 4.99 Å². The summed E-state index contributed by atoms with van der Waals surface area (Å²) in [4.78, 5) is 3.89. The van der Waals surface area contributed by atoms with Crippen LogP contribution in [0.1, 0.15) is 13.8 Å². The van der Waals surface area contributed by atoms with Crippen LogP contribution in [-0.2, 0) is 4.74 Å². The Hall–Kier alpha value is -0.800. The Bertz CT molecular complexity index is 149. The van der Waals surface area contributed by atoms with E-state index in [4.69, 9.17) is 4.74 Å². The van der Waals surface area contributed by atoms with Gasteiger partial charge < -0.3 is 4.74 Å². The summed E-state index contributed by atoms with van der Waals surface area (Å²) < 4.78 is 16.5. The Morgan fingerprint density at radius 1 is 1.70 bits per heavy atom. The van der Waals surface area contributed by atoms with Crippen LogP contribution in [0.25, 0.3) is 0 Å². The van der Waals surface area contributed by atoms with Crippen molar-refractivity contribution in [2.75, 3.05) is 6.61 Å². The van der Waals surface area contributed by atoms with E-state index in [-0.39, 0.29) is 12.1 Å². The normalized spacial score (nSPS) is 32.5. The Kier molecular flexibility index (Phi) is 2.09. The minimum absolute atomic E-state index is 0.00519. The third-order valence-electron chi connectivity index (χ3n) is 1.71. The number of amidine groups is 1. The molecule has 0 bridgehead atoms. The van der Waals surface area contributed by atoms with Gasteiger partial charge in [-0.2, -0.15) is 5.54 Å². The van der Waals surface area contributed by atoms with Gasteiger partial charge in [0, 0.05) is 5.92 Å². The third kappa shape index (κ3) is 1.37. The highest BCUT2D eigenvalue weighted by atomic mass is 19.2. The molecule has 1 rings (SSSR count). The third-order valence-corrected chi connectivity index (χ3v) is 1.71. The van der Waals surface area contributed by atoms with E-state index in [0.29, 0.717) is 12.5 Å². The number of hydrogen-bond donors (Lipinski definition) is 1. The van der Waals surface area contributed by atoms with Crippen LogP contribution in [0, 0.1) is 5.92 Å². The molecule has 0 amide bonds. The number of aliphatic imine (C=N–C) groups is 1. The van der Waals surface area contributed by atoms with Crippen LogP contribution >= 0.6 is 0 Å². The maximum absolute atomic E-state index is 11.7. The van der Waals surface area contributed by atoms with Gasteiger partial charge in [0.05, 0.1) is 12.6 Å². The fourth-order valence-electron chi connectivity index (χ4n) is 0.751. The number of ether oxygens (including phenoxy) is 1. The summed E-state index contributed by atoms with van der Waals surface area (Å²) in [6.45, 7) is 4.49. The van der Waals surface area contributed by atoms with Crippen LogP contribution in [0.15, 0.2) is 4.99 Å². The van der Waals surface area contributed by atoms with Crippen molar-refractivity contribution in [2.45, 2.75) is 19.9 Å². The van der Waals surface area contributed by atoms with Gasteiger partial charge in [-0.05, 0) is 6.92 Å². The van der Waals surface area contributed by atoms with Crippen LogP contribution in [0.4, 0.5) is 4.48 Å². The molecule has 0 aliphatic carbocycles. The summed E-state index contributed by atoms with van der Waals surface area (Å²) in [5.41, 5.74) is 1.38. The lowest BCUT2D eigenvalue weighted by Crippen LogP contribution is -2.32. The average molecular weight is 146 g/mol. The zero-order valence-corrected chi connectivity index (χ0v) is 6.10. The number of nitrogens with one attached hydrogen (secondary N) is 1. The Morgan fingerprint density at radius 3 is 2.90 bits per heavy atom. The molecule has 58 valence electrons. The van der Waals surface area contributed by atoms with Crippen molar-refractivity contribution in [1.82, 2.24) is 5.54 Å². The molecule has 3 nitrogen and oxygen atoms in total. The van der Waals surface area contributed by atoms with Gasteiger partial charge in [0.2, 0.25) is 0 Å². The topological polar surface area (TPSA) is 33.6 Å². The summed E-state index contributed by atoms with van der Waals surface area (Å²) in [7, 11) is 0. The minimum atomic E-state index is 0.00519. The molecule has 1 aliphatic rings. The van der Waals surface area contributed by atoms with Crippen molar-refractivity contribution < 1.29 is 9.22 Å². The van der Waals surface area contributed by atoms with E-state index in [1.807, 2.05) is 13.8 Å². The number of rotatable bonds is 0. The van der Waals surface area contributed by atoms with Gasteiger partial charge in [-0.3, -0.25) is 0 Å². The standard InChI is InChI=1S/C6H11FN2O/c1-4-3-10-6(9-7)8-5(4)2/h4-5H,3H2,1-2H3,(H,8,9). The van der Waals surface area contributed by atoms with Crippen molar-refractivity contribution in [3.8, 4) is 0 Å². The van der Waals surface area contributed by atoms with Gasteiger partial charge in [0.15, 0.2) is 0 Å². The average Bonchev–Trinajstić information content (AvgIpc) is 1.95. The summed E-state index contributed by atoms with van der Waals surface area (Å²) in [5.74, 6) is 0.372. The molecule has 2 atom stereocenters. The van der Waals surface area contributed by atoms with Gasteiger partial charge in [-0.25, -0.2) is 4.99 Å². The van der Waals surface area contributed by atoms with E-state index >= 15 is 0 Å². The maximum Gasteiger partial charge on any atom is 0.313 e. The Labute approximate surface area is 59.2 Å². The van der Waals surface area contributed by atoms with E-state index in [1.165, 1.54) is 5.54 Å². The van der Waals surface area contributed by atoms with Crippen molar-refractivity contribution in [3.63, 3.8) is 0 Å².